The maximum Gasteiger partial charge on any atom is 0.191 e. The van der Waals surface area contributed by atoms with E-state index in [1.54, 1.807) is 19.4 Å². The monoisotopic (exact) mass is 508 g/mol. The normalized spacial score (nSPS) is 16.6. The molecule has 0 saturated heterocycles. The quantitative estimate of drug-likeness (QED) is 0.281. The van der Waals surface area contributed by atoms with Crippen molar-refractivity contribution in [2.24, 2.45) is 4.99 Å². The summed E-state index contributed by atoms with van der Waals surface area (Å²) in [5, 5.41) is 12.5. The van der Waals surface area contributed by atoms with Gasteiger partial charge in [0.25, 0.3) is 0 Å². The van der Waals surface area contributed by atoms with E-state index in [9.17, 15) is 0 Å². The van der Waals surface area contributed by atoms with E-state index >= 15 is 0 Å². The van der Waals surface area contributed by atoms with Gasteiger partial charge in [0.1, 0.15) is 12.2 Å². The van der Waals surface area contributed by atoms with Gasteiger partial charge in [-0.3, -0.25) is 4.99 Å². The van der Waals surface area contributed by atoms with Crippen molar-refractivity contribution >= 4 is 53.1 Å². The van der Waals surface area contributed by atoms with Gasteiger partial charge in [0.05, 0.1) is 6.54 Å². The lowest BCUT2D eigenvalue weighted by Crippen LogP contribution is -2.47. The van der Waals surface area contributed by atoms with Crippen molar-refractivity contribution in [1.82, 2.24) is 25.4 Å². The van der Waals surface area contributed by atoms with Gasteiger partial charge in [-0.1, -0.05) is 29.3 Å². The minimum Gasteiger partial charge on any atom is -0.356 e. The first-order valence-electron chi connectivity index (χ1n) is 8.43. The molecule has 1 aliphatic heterocycles. The van der Waals surface area contributed by atoms with Crippen LogP contribution in [-0.2, 0) is 19.4 Å². The van der Waals surface area contributed by atoms with Crippen LogP contribution in [0.3, 0.4) is 0 Å². The first-order valence-corrected chi connectivity index (χ1v) is 9.19. The van der Waals surface area contributed by atoms with Gasteiger partial charge >= 0.3 is 0 Å². The minimum atomic E-state index is 0. The van der Waals surface area contributed by atoms with Crippen molar-refractivity contribution in [1.29, 1.82) is 0 Å². The molecule has 142 valence electrons. The molecule has 2 aromatic rings. The molecule has 0 aliphatic carbocycles. The third-order valence-electron chi connectivity index (χ3n) is 4.30. The van der Waals surface area contributed by atoms with E-state index in [-0.39, 0.29) is 24.0 Å². The Hall–Kier alpha value is -1.06. The average molecular weight is 509 g/mol. The Bertz CT molecular complexity index is 749. The molecule has 0 amide bonds. The maximum atomic E-state index is 6.20. The number of hydrogen-bond acceptors (Lipinski definition) is 3. The van der Waals surface area contributed by atoms with Crippen LogP contribution in [0.2, 0.25) is 10.0 Å². The molecular formula is C17H23Cl2IN6. The fourth-order valence-corrected chi connectivity index (χ4v) is 3.46. The van der Waals surface area contributed by atoms with Gasteiger partial charge in [-0.2, -0.15) is 5.10 Å². The summed E-state index contributed by atoms with van der Waals surface area (Å²) < 4.78 is 1.96. The van der Waals surface area contributed by atoms with Crippen LogP contribution >= 0.6 is 47.2 Å². The van der Waals surface area contributed by atoms with Gasteiger partial charge in [-0.25, -0.2) is 9.67 Å². The number of aliphatic imine (C=N–C) groups is 1. The molecule has 1 aromatic heterocycles. The van der Waals surface area contributed by atoms with Crippen molar-refractivity contribution in [3.63, 3.8) is 0 Å². The highest BCUT2D eigenvalue weighted by Gasteiger charge is 2.20. The van der Waals surface area contributed by atoms with Crippen LogP contribution < -0.4 is 10.6 Å². The second kappa shape index (κ2) is 10.3. The van der Waals surface area contributed by atoms with E-state index in [0.29, 0.717) is 11.1 Å². The van der Waals surface area contributed by atoms with Crippen LogP contribution in [0.15, 0.2) is 29.5 Å². The van der Waals surface area contributed by atoms with Gasteiger partial charge in [0.2, 0.25) is 0 Å². The molecule has 3 rings (SSSR count). The number of guanidine groups is 1. The van der Waals surface area contributed by atoms with E-state index in [2.05, 4.69) is 25.7 Å². The Balaban J connectivity index is 0.00000243. The highest BCUT2D eigenvalue weighted by atomic mass is 127. The summed E-state index contributed by atoms with van der Waals surface area (Å²) >= 11 is 12.1. The van der Waals surface area contributed by atoms with E-state index in [1.807, 2.05) is 16.8 Å². The maximum absolute atomic E-state index is 6.20. The van der Waals surface area contributed by atoms with Crippen molar-refractivity contribution in [3.05, 3.63) is 46.0 Å². The standard InChI is InChI=1S/C17H22Cl2N6.HI/c1-20-17(24-14-6-7-16-22-11-23-25(16)10-14)21-8-2-3-12-4-5-13(18)9-15(12)19;/h4-5,9,11,14H,2-3,6-8,10H2,1H3,(H2,20,21,24);1H. The zero-order chi connectivity index (χ0) is 17.6. The van der Waals surface area contributed by atoms with E-state index in [4.69, 9.17) is 23.2 Å². The number of aryl methyl sites for hydroxylation is 2. The zero-order valence-corrected chi connectivity index (χ0v) is 18.4. The molecule has 2 N–H and O–H groups in total. The van der Waals surface area contributed by atoms with Crippen LogP contribution in [-0.4, -0.2) is 40.4 Å². The molecule has 1 aromatic carbocycles. The van der Waals surface area contributed by atoms with E-state index in [1.165, 1.54) is 0 Å². The van der Waals surface area contributed by atoms with E-state index in [0.717, 1.165) is 61.1 Å². The Morgan fingerprint density at radius 3 is 3.00 bits per heavy atom. The zero-order valence-electron chi connectivity index (χ0n) is 14.6. The lowest BCUT2D eigenvalue weighted by Gasteiger charge is -2.25. The molecule has 9 heteroatoms. The number of benzene rings is 1. The van der Waals surface area contributed by atoms with Crippen LogP contribution in [0.1, 0.15) is 24.2 Å². The molecule has 1 unspecified atom stereocenters. The van der Waals surface area contributed by atoms with E-state index < -0.39 is 0 Å². The van der Waals surface area contributed by atoms with Gasteiger partial charge in [-0.05, 0) is 37.0 Å². The predicted octanol–water partition coefficient (Wildman–Crippen LogP) is 3.32. The Labute approximate surface area is 180 Å². The van der Waals surface area contributed by atoms with Crippen LogP contribution in [0, 0.1) is 0 Å². The summed E-state index contributed by atoms with van der Waals surface area (Å²) in [5.74, 6) is 1.87. The lowest BCUT2D eigenvalue weighted by molar-refractivity contribution is 0.392. The van der Waals surface area contributed by atoms with Gasteiger partial charge in [0, 0.05) is 36.1 Å². The molecule has 0 spiro atoms. The lowest BCUT2D eigenvalue weighted by atomic mass is 10.1. The number of hydrogen-bond donors (Lipinski definition) is 2. The molecule has 1 atom stereocenters. The number of nitrogens with one attached hydrogen (secondary N) is 2. The van der Waals surface area contributed by atoms with Gasteiger partial charge in [-0.15, -0.1) is 24.0 Å². The predicted molar refractivity (Wildman–Crippen MR) is 117 cm³/mol. The summed E-state index contributed by atoms with van der Waals surface area (Å²) in [5.41, 5.74) is 1.11. The fourth-order valence-electron chi connectivity index (χ4n) is 2.95. The smallest absolute Gasteiger partial charge is 0.191 e. The second-order valence-corrected chi connectivity index (χ2v) is 6.92. The van der Waals surface area contributed by atoms with Crippen LogP contribution in [0.4, 0.5) is 0 Å². The molecule has 0 bridgehead atoms. The molecule has 6 nitrogen and oxygen atoms in total. The summed E-state index contributed by atoms with van der Waals surface area (Å²) in [6.07, 6.45) is 5.43. The van der Waals surface area contributed by atoms with Gasteiger partial charge < -0.3 is 10.6 Å². The van der Waals surface area contributed by atoms with Crippen LogP contribution in [0.5, 0.6) is 0 Å². The van der Waals surface area contributed by atoms with Crippen molar-refractivity contribution in [3.8, 4) is 0 Å². The highest BCUT2D eigenvalue weighted by Crippen LogP contribution is 2.21. The summed E-state index contributed by atoms with van der Waals surface area (Å²) in [7, 11) is 1.79. The summed E-state index contributed by atoms with van der Waals surface area (Å²) in [4.78, 5) is 8.56. The van der Waals surface area contributed by atoms with Crippen molar-refractivity contribution in [2.45, 2.75) is 38.3 Å². The number of halogens is 3. The largest absolute Gasteiger partial charge is 0.356 e. The number of aromatic nitrogens is 3. The summed E-state index contributed by atoms with van der Waals surface area (Å²) in [6.45, 7) is 1.64. The topological polar surface area (TPSA) is 67.1 Å². The Kier molecular flexibility index (Phi) is 8.43. The van der Waals surface area contributed by atoms with Crippen molar-refractivity contribution in [2.75, 3.05) is 13.6 Å². The summed E-state index contributed by atoms with van der Waals surface area (Å²) in [6, 6.07) is 5.95. The molecule has 2 heterocycles. The third kappa shape index (κ3) is 5.72. The highest BCUT2D eigenvalue weighted by molar-refractivity contribution is 14.0. The SMILES string of the molecule is CN=C(NCCCc1ccc(Cl)cc1Cl)NC1CCc2ncnn2C1.I. The third-order valence-corrected chi connectivity index (χ3v) is 4.89. The molecule has 26 heavy (non-hydrogen) atoms. The Morgan fingerprint density at radius 1 is 1.38 bits per heavy atom. The minimum absolute atomic E-state index is 0. The fraction of sp³-hybridized carbons (Fsp3) is 0.471. The molecular weight excluding hydrogens is 486 g/mol. The van der Waals surface area contributed by atoms with Crippen molar-refractivity contribution < 1.29 is 0 Å². The second-order valence-electron chi connectivity index (χ2n) is 6.08. The van der Waals surface area contributed by atoms with Crippen LogP contribution in [0.25, 0.3) is 0 Å². The number of rotatable bonds is 5. The number of nitrogens with zero attached hydrogens (tertiary/aromatic N) is 4. The molecule has 0 radical (unpaired) electrons. The molecule has 0 saturated carbocycles. The molecule has 0 fully saturated rings. The first kappa shape index (κ1) is 21.2. The molecule has 1 aliphatic rings. The number of fused-ring (bicyclic) bond motifs is 1. The van der Waals surface area contributed by atoms with Gasteiger partial charge in [0.15, 0.2) is 5.96 Å². The average Bonchev–Trinajstić information content (AvgIpc) is 3.06. The first-order chi connectivity index (χ1) is 12.2. The Morgan fingerprint density at radius 2 is 2.23 bits per heavy atom.